The zero-order valence-corrected chi connectivity index (χ0v) is 7.42. The molecule has 0 unspecified atom stereocenters. The summed E-state index contributed by atoms with van der Waals surface area (Å²) in [5, 5.41) is 0. The Balaban J connectivity index is 2.57. The van der Waals surface area contributed by atoms with E-state index < -0.39 is 5.41 Å². The quantitative estimate of drug-likeness (QED) is 0.467. The van der Waals surface area contributed by atoms with Crippen LogP contribution in [0, 0.1) is 5.41 Å². The monoisotopic (exact) mass is 168 g/mol. The highest BCUT2D eigenvalue weighted by atomic mass is 16.1. The van der Waals surface area contributed by atoms with E-state index in [0.717, 1.165) is 38.3 Å². The topological polar surface area (TPSA) is 34.1 Å². The molecule has 0 radical (unpaired) electrons. The summed E-state index contributed by atoms with van der Waals surface area (Å²) in [4.78, 5) is 21.5. The van der Waals surface area contributed by atoms with Crippen LogP contribution < -0.4 is 0 Å². The Labute approximate surface area is 73.3 Å². The van der Waals surface area contributed by atoms with Crippen LogP contribution in [-0.2, 0) is 9.59 Å². The van der Waals surface area contributed by atoms with Crippen molar-refractivity contribution in [1.82, 2.24) is 0 Å². The van der Waals surface area contributed by atoms with Crippen LogP contribution in [0.15, 0.2) is 0 Å². The normalized spacial score (nSPS) is 23.7. The van der Waals surface area contributed by atoms with Crippen molar-refractivity contribution in [2.75, 3.05) is 0 Å². The number of hydrogen-bond donors (Lipinski definition) is 0. The van der Waals surface area contributed by atoms with Gasteiger partial charge in [0.15, 0.2) is 0 Å². The van der Waals surface area contributed by atoms with E-state index in [4.69, 9.17) is 0 Å². The smallest absolute Gasteiger partial charge is 0.133 e. The van der Waals surface area contributed by atoms with Crippen LogP contribution in [0.1, 0.15) is 44.9 Å². The molecule has 0 heterocycles. The summed E-state index contributed by atoms with van der Waals surface area (Å²) < 4.78 is 0. The van der Waals surface area contributed by atoms with Gasteiger partial charge in [0, 0.05) is 0 Å². The Kier molecular flexibility index (Phi) is 3.45. The lowest BCUT2D eigenvalue weighted by molar-refractivity contribution is -0.127. The molecule has 1 fully saturated rings. The molecule has 0 spiro atoms. The lowest BCUT2D eigenvalue weighted by atomic mass is 9.79. The highest BCUT2D eigenvalue weighted by Gasteiger charge is 2.28. The maximum Gasteiger partial charge on any atom is 0.133 e. The molecule has 0 saturated heterocycles. The molecule has 0 atom stereocenters. The van der Waals surface area contributed by atoms with E-state index in [-0.39, 0.29) is 0 Å². The van der Waals surface area contributed by atoms with Crippen molar-refractivity contribution < 1.29 is 9.59 Å². The molecule has 0 amide bonds. The van der Waals surface area contributed by atoms with Gasteiger partial charge in [-0.3, -0.25) is 0 Å². The maximum atomic E-state index is 10.7. The molecular formula is C10H16O2. The standard InChI is InChI=1S/C10H16O2/c11-8-10(9-12)6-4-2-1-3-5-7-10/h8-9H,1-7H2. The van der Waals surface area contributed by atoms with Gasteiger partial charge in [0.2, 0.25) is 0 Å². The SMILES string of the molecule is O=CC1(C=O)CCCCCCC1. The van der Waals surface area contributed by atoms with Gasteiger partial charge in [-0.1, -0.05) is 32.1 Å². The van der Waals surface area contributed by atoms with E-state index in [1.807, 2.05) is 0 Å². The third kappa shape index (κ3) is 2.16. The highest BCUT2D eigenvalue weighted by Crippen LogP contribution is 2.30. The predicted octanol–water partition coefficient (Wildman–Crippen LogP) is 2.11. The Morgan fingerprint density at radius 2 is 1.17 bits per heavy atom. The van der Waals surface area contributed by atoms with Crippen molar-refractivity contribution >= 4 is 12.6 Å². The van der Waals surface area contributed by atoms with Crippen molar-refractivity contribution in [1.29, 1.82) is 0 Å². The van der Waals surface area contributed by atoms with Gasteiger partial charge in [0.1, 0.15) is 12.6 Å². The molecule has 12 heavy (non-hydrogen) atoms. The molecule has 1 rings (SSSR count). The molecule has 0 aromatic carbocycles. The van der Waals surface area contributed by atoms with Crippen LogP contribution in [0.2, 0.25) is 0 Å². The first-order valence-electron chi connectivity index (χ1n) is 4.76. The zero-order valence-electron chi connectivity index (χ0n) is 7.42. The zero-order chi connectivity index (χ0) is 8.86. The second-order valence-electron chi connectivity index (χ2n) is 3.74. The maximum absolute atomic E-state index is 10.7. The summed E-state index contributed by atoms with van der Waals surface area (Å²) in [6.45, 7) is 0. The van der Waals surface area contributed by atoms with E-state index in [9.17, 15) is 9.59 Å². The first kappa shape index (κ1) is 9.43. The fourth-order valence-corrected chi connectivity index (χ4v) is 1.83. The molecular weight excluding hydrogens is 152 g/mol. The van der Waals surface area contributed by atoms with E-state index in [2.05, 4.69) is 0 Å². The summed E-state index contributed by atoms with van der Waals surface area (Å²) in [5.41, 5.74) is -0.625. The Morgan fingerprint density at radius 1 is 0.750 bits per heavy atom. The molecule has 1 aliphatic carbocycles. The molecule has 68 valence electrons. The number of carbonyl (C=O) groups excluding carboxylic acids is 2. The summed E-state index contributed by atoms with van der Waals surface area (Å²) >= 11 is 0. The number of hydrogen-bond acceptors (Lipinski definition) is 2. The molecule has 0 aromatic rings. The van der Waals surface area contributed by atoms with Crippen LogP contribution >= 0.6 is 0 Å². The Hall–Kier alpha value is -0.660. The van der Waals surface area contributed by atoms with Crippen LogP contribution in [-0.4, -0.2) is 12.6 Å². The van der Waals surface area contributed by atoms with Gasteiger partial charge in [-0.25, -0.2) is 0 Å². The summed E-state index contributed by atoms with van der Waals surface area (Å²) in [6.07, 6.45) is 8.88. The average molecular weight is 168 g/mol. The summed E-state index contributed by atoms with van der Waals surface area (Å²) in [7, 11) is 0. The van der Waals surface area contributed by atoms with Crippen LogP contribution in [0.4, 0.5) is 0 Å². The summed E-state index contributed by atoms with van der Waals surface area (Å²) in [6, 6.07) is 0. The third-order valence-corrected chi connectivity index (χ3v) is 2.75. The van der Waals surface area contributed by atoms with E-state index in [1.54, 1.807) is 0 Å². The second-order valence-corrected chi connectivity index (χ2v) is 3.74. The van der Waals surface area contributed by atoms with E-state index in [1.165, 1.54) is 19.3 Å². The van der Waals surface area contributed by atoms with Gasteiger partial charge >= 0.3 is 0 Å². The van der Waals surface area contributed by atoms with Gasteiger partial charge < -0.3 is 9.59 Å². The van der Waals surface area contributed by atoms with Gasteiger partial charge in [-0.2, -0.15) is 0 Å². The predicted molar refractivity (Wildman–Crippen MR) is 46.9 cm³/mol. The van der Waals surface area contributed by atoms with E-state index in [0.29, 0.717) is 0 Å². The largest absolute Gasteiger partial charge is 0.302 e. The number of aldehydes is 2. The molecule has 2 heteroatoms. The van der Waals surface area contributed by atoms with Crippen LogP contribution in [0.5, 0.6) is 0 Å². The minimum atomic E-state index is -0.625. The highest BCUT2D eigenvalue weighted by molar-refractivity contribution is 5.83. The molecule has 2 nitrogen and oxygen atoms in total. The van der Waals surface area contributed by atoms with E-state index >= 15 is 0 Å². The van der Waals surface area contributed by atoms with Crippen molar-refractivity contribution in [3.63, 3.8) is 0 Å². The fourth-order valence-electron chi connectivity index (χ4n) is 1.83. The first-order valence-corrected chi connectivity index (χ1v) is 4.76. The van der Waals surface area contributed by atoms with Crippen molar-refractivity contribution in [3.8, 4) is 0 Å². The lowest BCUT2D eigenvalue weighted by Gasteiger charge is -2.23. The minimum absolute atomic E-state index is 0.625. The van der Waals surface area contributed by atoms with Gasteiger partial charge in [0.05, 0.1) is 5.41 Å². The van der Waals surface area contributed by atoms with Gasteiger partial charge in [0.25, 0.3) is 0 Å². The number of rotatable bonds is 2. The first-order chi connectivity index (χ1) is 5.83. The van der Waals surface area contributed by atoms with Gasteiger partial charge in [-0.15, -0.1) is 0 Å². The number of carbonyl (C=O) groups is 2. The third-order valence-electron chi connectivity index (χ3n) is 2.75. The van der Waals surface area contributed by atoms with Crippen molar-refractivity contribution in [2.45, 2.75) is 44.9 Å². The Bertz CT molecular complexity index is 145. The molecule has 0 N–H and O–H groups in total. The lowest BCUT2D eigenvalue weighted by Crippen LogP contribution is -2.25. The summed E-state index contributed by atoms with van der Waals surface area (Å²) in [5.74, 6) is 0. The average Bonchev–Trinajstić information content (AvgIpc) is 2.06. The minimum Gasteiger partial charge on any atom is -0.302 e. The van der Waals surface area contributed by atoms with Crippen molar-refractivity contribution in [2.24, 2.45) is 5.41 Å². The van der Waals surface area contributed by atoms with Crippen LogP contribution in [0.25, 0.3) is 0 Å². The molecule has 0 aromatic heterocycles. The van der Waals surface area contributed by atoms with Crippen LogP contribution in [0.3, 0.4) is 0 Å². The molecule has 1 aliphatic rings. The Morgan fingerprint density at radius 3 is 1.58 bits per heavy atom. The second kappa shape index (κ2) is 4.39. The fraction of sp³-hybridized carbons (Fsp3) is 0.800. The molecule has 0 aliphatic heterocycles. The molecule has 1 saturated carbocycles. The molecule has 0 bridgehead atoms. The van der Waals surface area contributed by atoms with Crippen molar-refractivity contribution in [3.05, 3.63) is 0 Å². The van der Waals surface area contributed by atoms with Gasteiger partial charge in [-0.05, 0) is 12.8 Å².